The van der Waals surface area contributed by atoms with Crippen molar-refractivity contribution in [1.82, 2.24) is 0 Å². The van der Waals surface area contributed by atoms with Gasteiger partial charge in [-0.1, -0.05) is 20.8 Å². The maximum Gasteiger partial charge on any atom is 0.309 e. The maximum absolute atomic E-state index is 11.8. The molecule has 0 spiro atoms. The third kappa shape index (κ3) is 7.46. The lowest BCUT2D eigenvalue weighted by Gasteiger charge is -2.26. The maximum atomic E-state index is 11.8. The van der Waals surface area contributed by atoms with Gasteiger partial charge in [-0.2, -0.15) is 11.8 Å². The van der Waals surface area contributed by atoms with Gasteiger partial charge in [0.1, 0.15) is 6.61 Å². The molecule has 0 bridgehead atoms. The van der Waals surface area contributed by atoms with Crippen LogP contribution in [0.25, 0.3) is 0 Å². The molecule has 21 heavy (non-hydrogen) atoms. The Balaban J connectivity index is 4.12. The topological polar surface area (TPSA) is 107 Å². The second kappa shape index (κ2) is 9.63. The van der Waals surface area contributed by atoms with Crippen LogP contribution in [-0.2, 0) is 9.53 Å². The molecule has 1 atom stereocenters. The lowest BCUT2D eigenvalue weighted by atomic mass is 9.94. The number of ether oxygens (including phenoxy) is 1. The third-order valence-electron chi connectivity index (χ3n) is 3.31. The first-order chi connectivity index (χ1) is 9.75. The fourth-order valence-electron chi connectivity index (χ4n) is 1.22. The van der Waals surface area contributed by atoms with Gasteiger partial charge in [-0.05, 0) is 0 Å². The van der Waals surface area contributed by atoms with E-state index in [1.165, 1.54) is 11.8 Å². The molecule has 0 amide bonds. The van der Waals surface area contributed by atoms with Gasteiger partial charge >= 0.3 is 5.97 Å². The number of aliphatic hydroxyl groups excluding tert-OH is 4. The highest BCUT2D eigenvalue weighted by Crippen LogP contribution is 2.23. The zero-order chi connectivity index (χ0) is 16.5. The summed E-state index contributed by atoms with van der Waals surface area (Å²) in [7, 11) is 0. The number of carbonyl (C=O) groups is 1. The molecule has 0 aromatic heterocycles. The monoisotopic (exact) mass is 324 g/mol. The van der Waals surface area contributed by atoms with Crippen LogP contribution in [-0.4, -0.2) is 70.9 Å². The summed E-state index contributed by atoms with van der Waals surface area (Å²) in [5.74, 6) is 0.343. The molecule has 0 aliphatic rings. The number of aliphatic hydroxyl groups is 4. The highest BCUT2D eigenvalue weighted by atomic mass is 32.2. The molecule has 0 aliphatic carbocycles. The molecule has 126 valence electrons. The molecule has 0 aromatic carbocycles. The Morgan fingerprint density at radius 1 is 1.05 bits per heavy atom. The van der Waals surface area contributed by atoms with E-state index in [2.05, 4.69) is 0 Å². The van der Waals surface area contributed by atoms with Crippen LogP contribution in [0.15, 0.2) is 0 Å². The van der Waals surface area contributed by atoms with Crippen molar-refractivity contribution in [1.29, 1.82) is 0 Å². The Morgan fingerprint density at radius 2 is 1.52 bits per heavy atom. The van der Waals surface area contributed by atoms with Crippen molar-refractivity contribution in [3.8, 4) is 0 Å². The second-order valence-electron chi connectivity index (χ2n) is 6.28. The predicted octanol–water partition coefficient (Wildman–Crippen LogP) is -0.119. The van der Waals surface area contributed by atoms with Gasteiger partial charge in [0.2, 0.25) is 0 Å². The summed E-state index contributed by atoms with van der Waals surface area (Å²) < 4.78 is 5.12. The van der Waals surface area contributed by atoms with Crippen molar-refractivity contribution in [2.75, 3.05) is 44.5 Å². The molecule has 7 heteroatoms. The number of hydrogen-bond donors (Lipinski definition) is 4. The number of rotatable bonds is 11. The van der Waals surface area contributed by atoms with Gasteiger partial charge in [0.15, 0.2) is 0 Å². The first kappa shape index (κ1) is 20.7. The van der Waals surface area contributed by atoms with Crippen LogP contribution >= 0.6 is 11.8 Å². The molecule has 0 heterocycles. The summed E-state index contributed by atoms with van der Waals surface area (Å²) in [6.45, 7) is 4.38. The highest BCUT2D eigenvalue weighted by molar-refractivity contribution is 7.99. The van der Waals surface area contributed by atoms with E-state index >= 15 is 0 Å². The Bertz CT molecular complexity index is 302. The van der Waals surface area contributed by atoms with E-state index in [0.717, 1.165) is 0 Å². The van der Waals surface area contributed by atoms with Crippen molar-refractivity contribution < 1.29 is 30.0 Å². The third-order valence-corrected chi connectivity index (χ3v) is 4.95. The van der Waals surface area contributed by atoms with E-state index in [-0.39, 0.29) is 44.9 Å². The molecule has 0 rings (SSSR count). The zero-order valence-electron chi connectivity index (χ0n) is 13.0. The Hall–Kier alpha value is -0.340. The minimum Gasteiger partial charge on any atom is -0.465 e. The van der Waals surface area contributed by atoms with Crippen LogP contribution in [0.1, 0.15) is 20.8 Å². The molecule has 0 aromatic rings. The van der Waals surface area contributed by atoms with Crippen molar-refractivity contribution >= 4 is 17.7 Å². The molecular weight excluding hydrogens is 296 g/mol. The van der Waals surface area contributed by atoms with Gasteiger partial charge in [0.05, 0.1) is 32.3 Å². The number of hydrogen-bond acceptors (Lipinski definition) is 7. The fraction of sp³-hybridized carbons (Fsp3) is 0.929. The lowest BCUT2D eigenvalue weighted by Crippen LogP contribution is -2.34. The van der Waals surface area contributed by atoms with Gasteiger partial charge in [-0.15, -0.1) is 0 Å². The largest absolute Gasteiger partial charge is 0.465 e. The van der Waals surface area contributed by atoms with E-state index in [1.54, 1.807) is 20.8 Å². The van der Waals surface area contributed by atoms with Gasteiger partial charge in [0, 0.05) is 22.3 Å². The van der Waals surface area contributed by atoms with Gasteiger partial charge < -0.3 is 25.2 Å². The van der Waals surface area contributed by atoms with E-state index in [0.29, 0.717) is 11.5 Å². The summed E-state index contributed by atoms with van der Waals surface area (Å²) >= 11 is 1.47. The minimum atomic E-state index is -0.825. The van der Waals surface area contributed by atoms with Crippen molar-refractivity contribution in [2.45, 2.75) is 20.8 Å². The Morgan fingerprint density at radius 3 is 1.95 bits per heavy atom. The Labute approximate surface area is 130 Å². The number of thioether (sulfide) groups is 1. The molecular formula is C14H28O6S. The van der Waals surface area contributed by atoms with Crippen LogP contribution in [0.3, 0.4) is 0 Å². The van der Waals surface area contributed by atoms with Gasteiger partial charge in [-0.25, -0.2) is 0 Å². The Kier molecular flexibility index (Phi) is 9.48. The zero-order valence-corrected chi connectivity index (χ0v) is 13.9. The normalized spacial score (nSPS) is 14.0. The van der Waals surface area contributed by atoms with Crippen molar-refractivity contribution in [2.24, 2.45) is 16.7 Å². The average Bonchev–Trinajstić information content (AvgIpc) is 2.51. The van der Waals surface area contributed by atoms with E-state index in [1.807, 2.05) is 0 Å². The first-order valence-electron chi connectivity index (χ1n) is 6.93. The highest BCUT2D eigenvalue weighted by Gasteiger charge is 2.27. The smallest absolute Gasteiger partial charge is 0.309 e. The minimum absolute atomic E-state index is 0.0289. The van der Waals surface area contributed by atoms with Gasteiger partial charge in [0.25, 0.3) is 0 Å². The molecule has 1 unspecified atom stereocenters. The summed E-state index contributed by atoms with van der Waals surface area (Å²) in [6.07, 6.45) is 0. The first-order valence-corrected chi connectivity index (χ1v) is 8.09. The quantitative estimate of drug-likeness (QED) is 0.393. The predicted molar refractivity (Wildman–Crippen MR) is 82.0 cm³/mol. The summed E-state index contributed by atoms with van der Waals surface area (Å²) in [5, 5.41) is 36.6. The molecule has 6 nitrogen and oxygen atoms in total. The SMILES string of the molecule is CC(CSCC(C)(CO)CO)C(=O)OCC(C)(CO)CO. The average molecular weight is 324 g/mol. The summed E-state index contributed by atoms with van der Waals surface area (Å²) in [6, 6.07) is 0. The molecule has 4 N–H and O–H groups in total. The fourth-order valence-corrected chi connectivity index (χ4v) is 2.50. The second-order valence-corrected chi connectivity index (χ2v) is 7.31. The van der Waals surface area contributed by atoms with E-state index < -0.39 is 10.8 Å². The van der Waals surface area contributed by atoms with Crippen LogP contribution in [0, 0.1) is 16.7 Å². The van der Waals surface area contributed by atoms with Crippen molar-refractivity contribution in [3.05, 3.63) is 0 Å². The lowest BCUT2D eigenvalue weighted by molar-refractivity contribution is -0.152. The molecule has 0 saturated heterocycles. The summed E-state index contributed by atoms with van der Waals surface area (Å²) in [4.78, 5) is 11.8. The van der Waals surface area contributed by atoms with Crippen LogP contribution < -0.4 is 0 Å². The number of esters is 1. The summed E-state index contributed by atoms with van der Waals surface area (Å²) in [5.41, 5.74) is -1.38. The molecule has 0 radical (unpaired) electrons. The van der Waals surface area contributed by atoms with Crippen molar-refractivity contribution in [3.63, 3.8) is 0 Å². The molecule has 0 aliphatic heterocycles. The van der Waals surface area contributed by atoms with E-state index in [9.17, 15) is 15.0 Å². The van der Waals surface area contributed by atoms with Crippen LogP contribution in [0.5, 0.6) is 0 Å². The van der Waals surface area contributed by atoms with Gasteiger partial charge in [-0.3, -0.25) is 4.79 Å². The molecule has 0 fully saturated rings. The standard InChI is InChI=1S/C14H28O6S/c1-11(4-21-10-14(3,7-17)8-18)12(19)20-9-13(2,5-15)6-16/h11,15-18H,4-10H2,1-3H3. The molecule has 0 saturated carbocycles. The van der Waals surface area contributed by atoms with Crippen LogP contribution in [0.4, 0.5) is 0 Å². The number of carbonyl (C=O) groups excluding carboxylic acids is 1. The van der Waals surface area contributed by atoms with E-state index in [4.69, 9.17) is 14.9 Å². The van der Waals surface area contributed by atoms with Crippen LogP contribution in [0.2, 0.25) is 0 Å².